The number of carbonyl (C=O) groups is 3. The molecule has 36 heavy (non-hydrogen) atoms. The fraction of sp³-hybridized carbons (Fsp3) is 0.423. The number of sulfonamides is 1. The Morgan fingerprint density at radius 1 is 1.03 bits per heavy atom. The minimum Gasteiger partial charge on any atom is -0.352 e. The van der Waals surface area contributed by atoms with E-state index in [1.165, 1.54) is 24.0 Å². The zero-order valence-electron chi connectivity index (χ0n) is 21.3. The van der Waals surface area contributed by atoms with E-state index < -0.39 is 28.5 Å². The number of hydrogen-bond acceptors (Lipinski definition) is 5. The van der Waals surface area contributed by atoms with Crippen molar-refractivity contribution in [2.75, 3.05) is 17.1 Å². The summed E-state index contributed by atoms with van der Waals surface area (Å²) in [6.45, 7) is 6.46. The van der Waals surface area contributed by atoms with Gasteiger partial charge in [-0.25, -0.2) is 8.42 Å². The SMILES string of the molecule is CC[C@@H](C)NC(=O)[C@@H](CC)N(Cc1ccccc1Cl)C(=O)CN(c1cccc(C(C)=O)c1)S(C)(=O)=O. The van der Waals surface area contributed by atoms with Gasteiger partial charge in [0.2, 0.25) is 21.8 Å². The normalized spacial score (nSPS) is 12.9. The van der Waals surface area contributed by atoms with Gasteiger partial charge in [-0.2, -0.15) is 0 Å². The predicted molar refractivity (Wildman–Crippen MR) is 143 cm³/mol. The van der Waals surface area contributed by atoms with Crippen molar-refractivity contribution in [3.63, 3.8) is 0 Å². The van der Waals surface area contributed by atoms with E-state index in [0.717, 1.165) is 17.0 Å². The lowest BCUT2D eigenvalue weighted by Gasteiger charge is -2.33. The molecule has 0 unspecified atom stereocenters. The Hall–Kier alpha value is -2.91. The van der Waals surface area contributed by atoms with Crippen LogP contribution < -0.4 is 9.62 Å². The molecule has 8 nitrogen and oxygen atoms in total. The van der Waals surface area contributed by atoms with E-state index in [2.05, 4.69) is 5.32 Å². The largest absolute Gasteiger partial charge is 0.352 e. The molecule has 10 heteroatoms. The summed E-state index contributed by atoms with van der Waals surface area (Å²) in [5.74, 6) is -1.12. The van der Waals surface area contributed by atoms with Gasteiger partial charge in [0.05, 0.1) is 11.9 Å². The number of nitrogens with one attached hydrogen (secondary N) is 1. The monoisotopic (exact) mass is 535 g/mol. The first-order chi connectivity index (χ1) is 16.9. The molecule has 0 radical (unpaired) electrons. The number of amides is 2. The average molecular weight is 536 g/mol. The van der Waals surface area contributed by atoms with Crippen LogP contribution in [-0.2, 0) is 26.2 Å². The first-order valence-electron chi connectivity index (χ1n) is 11.8. The van der Waals surface area contributed by atoms with Crippen LogP contribution in [-0.4, -0.2) is 55.8 Å². The maximum Gasteiger partial charge on any atom is 0.244 e. The highest BCUT2D eigenvalue weighted by Gasteiger charge is 2.32. The molecule has 0 bridgehead atoms. The summed E-state index contributed by atoms with van der Waals surface area (Å²) in [5, 5.41) is 3.35. The molecule has 0 aliphatic rings. The van der Waals surface area contributed by atoms with E-state index >= 15 is 0 Å². The van der Waals surface area contributed by atoms with Gasteiger partial charge in [-0.3, -0.25) is 18.7 Å². The average Bonchev–Trinajstić information content (AvgIpc) is 2.82. The Kier molecular flexibility index (Phi) is 10.5. The molecular formula is C26H34ClN3O5S. The van der Waals surface area contributed by atoms with E-state index in [-0.39, 0.29) is 30.0 Å². The smallest absolute Gasteiger partial charge is 0.244 e. The van der Waals surface area contributed by atoms with Crippen molar-refractivity contribution in [1.82, 2.24) is 10.2 Å². The first kappa shape index (κ1) is 29.3. The second kappa shape index (κ2) is 12.9. The van der Waals surface area contributed by atoms with Crippen LogP contribution in [0.2, 0.25) is 5.02 Å². The molecular weight excluding hydrogens is 502 g/mol. The highest BCUT2D eigenvalue weighted by atomic mass is 35.5. The molecule has 0 aliphatic heterocycles. The summed E-state index contributed by atoms with van der Waals surface area (Å²) >= 11 is 6.35. The van der Waals surface area contributed by atoms with E-state index in [1.54, 1.807) is 43.3 Å². The number of rotatable bonds is 12. The highest BCUT2D eigenvalue weighted by molar-refractivity contribution is 7.92. The summed E-state index contributed by atoms with van der Waals surface area (Å²) in [6, 6.07) is 12.1. The maximum absolute atomic E-state index is 13.7. The van der Waals surface area contributed by atoms with E-state index in [1.807, 2.05) is 13.8 Å². The molecule has 0 aromatic heterocycles. The van der Waals surface area contributed by atoms with Crippen molar-refractivity contribution in [3.05, 3.63) is 64.7 Å². The van der Waals surface area contributed by atoms with Gasteiger partial charge in [0.15, 0.2) is 5.78 Å². The van der Waals surface area contributed by atoms with Crippen molar-refractivity contribution in [2.24, 2.45) is 0 Å². The van der Waals surface area contributed by atoms with Crippen molar-refractivity contribution in [1.29, 1.82) is 0 Å². The zero-order chi connectivity index (χ0) is 27.0. The fourth-order valence-corrected chi connectivity index (χ4v) is 4.70. The van der Waals surface area contributed by atoms with Crippen LogP contribution in [0.25, 0.3) is 0 Å². The fourth-order valence-electron chi connectivity index (χ4n) is 3.66. The third kappa shape index (κ3) is 7.80. The summed E-state index contributed by atoms with van der Waals surface area (Å²) in [6.07, 6.45) is 2.03. The van der Waals surface area contributed by atoms with Gasteiger partial charge in [-0.15, -0.1) is 0 Å². The summed E-state index contributed by atoms with van der Waals surface area (Å²) < 4.78 is 26.4. The Morgan fingerprint density at radius 3 is 2.25 bits per heavy atom. The summed E-state index contributed by atoms with van der Waals surface area (Å²) in [5.41, 5.74) is 1.14. The van der Waals surface area contributed by atoms with Crippen molar-refractivity contribution < 1.29 is 22.8 Å². The molecule has 2 aromatic rings. The molecule has 0 heterocycles. The molecule has 2 rings (SSSR count). The zero-order valence-corrected chi connectivity index (χ0v) is 22.9. The van der Waals surface area contributed by atoms with Crippen molar-refractivity contribution in [3.8, 4) is 0 Å². The molecule has 0 saturated carbocycles. The molecule has 0 saturated heterocycles. The van der Waals surface area contributed by atoms with Gasteiger partial charge in [0.25, 0.3) is 0 Å². The lowest BCUT2D eigenvalue weighted by Crippen LogP contribution is -2.53. The number of halogens is 1. The molecule has 2 aromatic carbocycles. The van der Waals surface area contributed by atoms with Crippen LogP contribution in [0.3, 0.4) is 0 Å². The molecule has 0 spiro atoms. The minimum atomic E-state index is -3.90. The van der Waals surface area contributed by atoms with Crippen molar-refractivity contribution >= 4 is 44.9 Å². The molecule has 2 atom stereocenters. The lowest BCUT2D eigenvalue weighted by atomic mass is 10.1. The third-order valence-corrected chi connectivity index (χ3v) is 7.41. The second-order valence-electron chi connectivity index (χ2n) is 8.73. The number of benzene rings is 2. The van der Waals surface area contributed by atoms with Crippen LogP contribution in [0.1, 0.15) is 56.5 Å². The van der Waals surface area contributed by atoms with E-state index in [9.17, 15) is 22.8 Å². The molecule has 0 aliphatic carbocycles. The quantitative estimate of drug-likeness (QED) is 0.413. The van der Waals surface area contributed by atoms with Crippen molar-refractivity contribution in [2.45, 2.75) is 59.2 Å². The molecule has 2 amide bonds. The molecule has 0 fully saturated rings. The Balaban J connectivity index is 2.49. The number of ketones is 1. The number of anilines is 1. The highest BCUT2D eigenvalue weighted by Crippen LogP contribution is 2.23. The van der Waals surface area contributed by atoms with Crippen LogP contribution in [0.4, 0.5) is 5.69 Å². The van der Waals surface area contributed by atoms with E-state index in [4.69, 9.17) is 11.6 Å². The Bertz CT molecular complexity index is 1200. The second-order valence-corrected chi connectivity index (χ2v) is 11.0. The van der Waals surface area contributed by atoms with Gasteiger partial charge in [-0.05, 0) is 50.5 Å². The minimum absolute atomic E-state index is 0.0238. The predicted octanol–water partition coefficient (Wildman–Crippen LogP) is 4.03. The van der Waals surface area contributed by atoms with Crippen LogP contribution in [0.15, 0.2) is 48.5 Å². The Morgan fingerprint density at radius 2 is 1.69 bits per heavy atom. The van der Waals surface area contributed by atoms with Gasteiger partial charge >= 0.3 is 0 Å². The first-order valence-corrected chi connectivity index (χ1v) is 14.0. The number of nitrogens with zero attached hydrogens (tertiary/aromatic N) is 2. The number of carbonyl (C=O) groups excluding carboxylic acids is 3. The van der Waals surface area contributed by atoms with Gasteiger partial charge < -0.3 is 10.2 Å². The van der Waals surface area contributed by atoms with E-state index in [0.29, 0.717) is 22.6 Å². The standard InChI is InChI=1S/C26H34ClN3O5S/c1-6-18(3)28-26(33)24(7-2)29(16-21-11-8-9-14-23(21)27)25(32)17-30(36(5,34)35)22-13-10-12-20(15-22)19(4)31/h8-15,18,24H,6-7,16-17H2,1-5H3,(H,28,33)/t18-,24-/m1/s1. The lowest BCUT2D eigenvalue weighted by molar-refractivity contribution is -0.140. The van der Waals surface area contributed by atoms with Gasteiger partial charge in [0.1, 0.15) is 12.6 Å². The summed E-state index contributed by atoms with van der Waals surface area (Å²) in [4.78, 5) is 40.0. The topological polar surface area (TPSA) is 104 Å². The molecule has 196 valence electrons. The van der Waals surface area contributed by atoms with Crippen LogP contribution in [0, 0.1) is 0 Å². The van der Waals surface area contributed by atoms with Crippen LogP contribution >= 0.6 is 11.6 Å². The summed E-state index contributed by atoms with van der Waals surface area (Å²) in [7, 11) is -3.90. The third-order valence-electron chi connectivity index (χ3n) is 5.91. The van der Waals surface area contributed by atoms with Gasteiger partial charge in [0, 0.05) is 23.2 Å². The number of hydrogen-bond donors (Lipinski definition) is 1. The number of Topliss-reactive ketones (excluding diaryl/α,β-unsaturated/α-hetero) is 1. The molecule has 1 N–H and O–H groups in total. The Labute approximate surface area is 218 Å². The maximum atomic E-state index is 13.7. The van der Waals surface area contributed by atoms with Gasteiger partial charge in [-0.1, -0.05) is 55.8 Å². The van der Waals surface area contributed by atoms with Crippen LogP contribution in [0.5, 0.6) is 0 Å².